The van der Waals surface area contributed by atoms with Gasteiger partial charge in [0.15, 0.2) is 0 Å². The third kappa shape index (κ3) is 4.32. The van der Waals surface area contributed by atoms with Gasteiger partial charge in [-0.2, -0.15) is 0 Å². The minimum absolute atomic E-state index is 0.389. The Labute approximate surface area is 107 Å². The van der Waals surface area contributed by atoms with Gasteiger partial charge in [-0.05, 0) is 30.9 Å². The molecule has 2 rings (SSSR count). The van der Waals surface area contributed by atoms with Crippen LogP contribution >= 0.6 is 12.2 Å². The number of hydrogen-bond acceptors (Lipinski definition) is 3. The summed E-state index contributed by atoms with van der Waals surface area (Å²) in [4.78, 5) is 0.389. The number of benzene rings is 1. The van der Waals surface area contributed by atoms with E-state index in [2.05, 4.69) is 0 Å². The summed E-state index contributed by atoms with van der Waals surface area (Å²) in [5.74, 6) is 1.58. The van der Waals surface area contributed by atoms with Crippen LogP contribution in [0.1, 0.15) is 18.4 Å². The molecule has 0 heterocycles. The second-order valence-electron chi connectivity index (χ2n) is 4.26. The lowest BCUT2D eigenvalue weighted by Crippen LogP contribution is -2.11. The van der Waals surface area contributed by atoms with E-state index in [1.807, 2.05) is 24.3 Å². The largest absolute Gasteiger partial charge is 0.491 e. The molecule has 2 N–H and O–H groups in total. The molecule has 3 nitrogen and oxygen atoms in total. The Kier molecular flexibility index (Phi) is 4.34. The molecule has 4 heteroatoms. The molecule has 92 valence electrons. The van der Waals surface area contributed by atoms with Gasteiger partial charge in [0, 0.05) is 12.2 Å². The predicted molar refractivity (Wildman–Crippen MR) is 71.4 cm³/mol. The SMILES string of the molecule is NC(=S)c1cccc(OCCOCC2CC2)c1. The third-order valence-corrected chi connectivity index (χ3v) is 2.90. The van der Waals surface area contributed by atoms with E-state index in [9.17, 15) is 0 Å². The minimum atomic E-state index is 0.389. The molecular formula is C13H17NO2S. The van der Waals surface area contributed by atoms with Gasteiger partial charge in [-0.25, -0.2) is 0 Å². The fraction of sp³-hybridized carbons (Fsp3) is 0.462. The van der Waals surface area contributed by atoms with Crippen molar-refractivity contribution < 1.29 is 9.47 Å². The Morgan fingerprint density at radius 1 is 1.35 bits per heavy atom. The Bertz CT molecular complexity index is 391. The predicted octanol–water partition coefficient (Wildman–Crippen LogP) is 2.13. The number of hydrogen-bond donors (Lipinski definition) is 1. The van der Waals surface area contributed by atoms with Gasteiger partial charge in [0.2, 0.25) is 0 Å². The molecule has 0 aliphatic heterocycles. The van der Waals surface area contributed by atoms with Crippen molar-refractivity contribution >= 4 is 17.2 Å². The molecule has 1 fully saturated rings. The average Bonchev–Trinajstić information content (AvgIpc) is 3.13. The highest BCUT2D eigenvalue weighted by atomic mass is 32.1. The molecule has 17 heavy (non-hydrogen) atoms. The molecule has 0 saturated heterocycles. The zero-order valence-electron chi connectivity index (χ0n) is 9.72. The van der Waals surface area contributed by atoms with E-state index in [0.29, 0.717) is 18.2 Å². The van der Waals surface area contributed by atoms with Crippen molar-refractivity contribution in [2.75, 3.05) is 19.8 Å². The first kappa shape index (κ1) is 12.3. The first-order valence-electron chi connectivity index (χ1n) is 5.86. The highest BCUT2D eigenvalue weighted by Gasteiger charge is 2.20. The van der Waals surface area contributed by atoms with E-state index in [0.717, 1.165) is 23.8 Å². The minimum Gasteiger partial charge on any atom is -0.491 e. The monoisotopic (exact) mass is 251 g/mol. The summed E-state index contributed by atoms with van der Waals surface area (Å²) in [6.45, 7) is 2.07. The fourth-order valence-corrected chi connectivity index (χ4v) is 1.62. The molecule has 1 aromatic rings. The van der Waals surface area contributed by atoms with E-state index in [4.69, 9.17) is 27.4 Å². The maximum absolute atomic E-state index is 5.56. The van der Waals surface area contributed by atoms with Crippen LogP contribution in [0.5, 0.6) is 5.75 Å². The third-order valence-electron chi connectivity index (χ3n) is 2.67. The van der Waals surface area contributed by atoms with Crippen molar-refractivity contribution in [3.8, 4) is 5.75 Å². The normalized spacial score (nSPS) is 14.6. The van der Waals surface area contributed by atoms with Crippen LogP contribution in [0.25, 0.3) is 0 Å². The molecule has 1 aromatic carbocycles. The first-order chi connectivity index (χ1) is 8.25. The molecule has 1 aliphatic rings. The van der Waals surface area contributed by atoms with Gasteiger partial charge in [-0.15, -0.1) is 0 Å². The molecule has 1 aliphatic carbocycles. The van der Waals surface area contributed by atoms with Gasteiger partial charge in [-0.1, -0.05) is 24.4 Å². The van der Waals surface area contributed by atoms with Crippen molar-refractivity contribution in [1.29, 1.82) is 0 Å². The van der Waals surface area contributed by atoms with E-state index >= 15 is 0 Å². The summed E-state index contributed by atoms with van der Waals surface area (Å²) in [6.07, 6.45) is 2.63. The Hall–Kier alpha value is -1.13. The number of rotatable bonds is 7. The van der Waals surface area contributed by atoms with E-state index in [-0.39, 0.29) is 0 Å². The van der Waals surface area contributed by atoms with Gasteiger partial charge < -0.3 is 15.2 Å². The molecule has 1 saturated carbocycles. The summed E-state index contributed by atoms with van der Waals surface area (Å²) in [6, 6.07) is 7.50. The lowest BCUT2D eigenvalue weighted by Gasteiger charge is -2.08. The summed E-state index contributed by atoms with van der Waals surface area (Å²) in [5.41, 5.74) is 6.38. The van der Waals surface area contributed by atoms with Crippen molar-refractivity contribution in [2.45, 2.75) is 12.8 Å². The van der Waals surface area contributed by atoms with Gasteiger partial charge in [0.05, 0.1) is 6.61 Å². The molecule has 0 amide bonds. The molecule has 0 spiro atoms. The molecule has 0 radical (unpaired) electrons. The highest BCUT2D eigenvalue weighted by molar-refractivity contribution is 7.80. The highest BCUT2D eigenvalue weighted by Crippen LogP contribution is 2.28. The zero-order chi connectivity index (χ0) is 12.1. The fourth-order valence-electron chi connectivity index (χ4n) is 1.49. The van der Waals surface area contributed by atoms with E-state index < -0.39 is 0 Å². The van der Waals surface area contributed by atoms with E-state index in [1.54, 1.807) is 0 Å². The smallest absolute Gasteiger partial charge is 0.120 e. The molecule has 0 aromatic heterocycles. The average molecular weight is 251 g/mol. The first-order valence-corrected chi connectivity index (χ1v) is 6.27. The number of ether oxygens (including phenoxy) is 2. The molecule has 0 atom stereocenters. The summed E-state index contributed by atoms with van der Waals surface area (Å²) in [5, 5.41) is 0. The Morgan fingerprint density at radius 2 is 2.18 bits per heavy atom. The van der Waals surface area contributed by atoms with Crippen LogP contribution in [-0.2, 0) is 4.74 Å². The van der Waals surface area contributed by atoms with Gasteiger partial charge in [0.25, 0.3) is 0 Å². The quantitative estimate of drug-likeness (QED) is 0.595. The second kappa shape index (κ2) is 5.98. The molecule has 0 unspecified atom stereocenters. The van der Waals surface area contributed by atoms with Gasteiger partial charge >= 0.3 is 0 Å². The lowest BCUT2D eigenvalue weighted by molar-refractivity contribution is 0.0927. The van der Waals surface area contributed by atoms with E-state index in [1.165, 1.54) is 12.8 Å². The second-order valence-corrected chi connectivity index (χ2v) is 4.70. The topological polar surface area (TPSA) is 44.5 Å². The lowest BCUT2D eigenvalue weighted by atomic mass is 10.2. The van der Waals surface area contributed by atoms with Crippen molar-refractivity contribution in [2.24, 2.45) is 11.7 Å². The van der Waals surface area contributed by atoms with Crippen LogP contribution in [0.15, 0.2) is 24.3 Å². The van der Waals surface area contributed by atoms with Crippen molar-refractivity contribution in [3.63, 3.8) is 0 Å². The summed E-state index contributed by atoms with van der Waals surface area (Å²) >= 11 is 4.91. The zero-order valence-corrected chi connectivity index (χ0v) is 10.5. The summed E-state index contributed by atoms with van der Waals surface area (Å²) in [7, 11) is 0. The maximum atomic E-state index is 5.56. The Balaban J connectivity index is 1.70. The van der Waals surface area contributed by atoms with Gasteiger partial charge in [-0.3, -0.25) is 0 Å². The van der Waals surface area contributed by atoms with Crippen molar-refractivity contribution in [1.82, 2.24) is 0 Å². The van der Waals surface area contributed by atoms with Crippen LogP contribution in [0.3, 0.4) is 0 Å². The van der Waals surface area contributed by atoms with Crippen LogP contribution < -0.4 is 10.5 Å². The summed E-state index contributed by atoms with van der Waals surface area (Å²) < 4.78 is 11.0. The number of nitrogens with two attached hydrogens (primary N) is 1. The van der Waals surface area contributed by atoms with Gasteiger partial charge in [0.1, 0.15) is 17.3 Å². The van der Waals surface area contributed by atoms with Crippen LogP contribution in [-0.4, -0.2) is 24.8 Å². The molecule has 0 bridgehead atoms. The molecular weight excluding hydrogens is 234 g/mol. The van der Waals surface area contributed by atoms with Crippen LogP contribution in [0, 0.1) is 5.92 Å². The van der Waals surface area contributed by atoms with Crippen LogP contribution in [0.2, 0.25) is 0 Å². The van der Waals surface area contributed by atoms with Crippen molar-refractivity contribution in [3.05, 3.63) is 29.8 Å². The van der Waals surface area contributed by atoms with Crippen LogP contribution in [0.4, 0.5) is 0 Å². The maximum Gasteiger partial charge on any atom is 0.120 e. The Morgan fingerprint density at radius 3 is 2.88 bits per heavy atom. The standard InChI is InChI=1S/C13H17NO2S/c14-13(17)11-2-1-3-12(8-11)16-7-6-15-9-10-4-5-10/h1-3,8,10H,4-7,9H2,(H2,14,17). The number of thiocarbonyl (C=S) groups is 1.